The molecular formula is C28H33N3O3. The van der Waals surface area contributed by atoms with Gasteiger partial charge in [0, 0.05) is 37.2 Å². The topological polar surface area (TPSA) is 71.0 Å². The molecule has 178 valence electrons. The lowest BCUT2D eigenvalue weighted by atomic mass is 9.90. The maximum absolute atomic E-state index is 13.2. The Morgan fingerprint density at radius 1 is 1.03 bits per heavy atom. The summed E-state index contributed by atoms with van der Waals surface area (Å²) in [4.78, 5) is 33.4. The third-order valence-corrected chi connectivity index (χ3v) is 7.30. The zero-order valence-corrected chi connectivity index (χ0v) is 19.8. The van der Waals surface area contributed by atoms with E-state index in [0.29, 0.717) is 36.1 Å². The Kier molecular flexibility index (Phi) is 6.40. The van der Waals surface area contributed by atoms with E-state index in [1.807, 2.05) is 35.2 Å². The van der Waals surface area contributed by atoms with Crippen molar-refractivity contribution in [2.75, 3.05) is 19.6 Å². The number of likely N-dealkylation sites (tertiary alicyclic amines) is 1. The molecule has 6 heteroatoms. The Morgan fingerprint density at radius 3 is 2.53 bits per heavy atom. The summed E-state index contributed by atoms with van der Waals surface area (Å²) in [7, 11) is 0. The van der Waals surface area contributed by atoms with E-state index in [2.05, 4.69) is 34.7 Å². The summed E-state index contributed by atoms with van der Waals surface area (Å²) in [5.41, 5.74) is 2.58. The fourth-order valence-electron chi connectivity index (χ4n) is 4.86. The fourth-order valence-corrected chi connectivity index (χ4v) is 4.86. The molecule has 1 N–H and O–H groups in total. The molecule has 0 spiro atoms. The summed E-state index contributed by atoms with van der Waals surface area (Å²) in [6.45, 7) is 4.05. The van der Waals surface area contributed by atoms with Crippen molar-refractivity contribution in [2.24, 2.45) is 17.0 Å². The van der Waals surface area contributed by atoms with Crippen LogP contribution in [-0.4, -0.2) is 47.7 Å². The second-order valence-corrected chi connectivity index (χ2v) is 10.2. The van der Waals surface area contributed by atoms with Crippen molar-refractivity contribution >= 4 is 17.5 Å². The van der Waals surface area contributed by atoms with E-state index in [1.165, 1.54) is 18.4 Å². The minimum atomic E-state index is -0.995. The van der Waals surface area contributed by atoms with Crippen LogP contribution in [0.3, 0.4) is 0 Å². The average Bonchev–Trinajstić information content (AvgIpc) is 3.62. The lowest BCUT2D eigenvalue weighted by molar-refractivity contribution is -0.141. The quantitative estimate of drug-likeness (QED) is 0.675. The summed E-state index contributed by atoms with van der Waals surface area (Å²) in [6, 6.07) is 18.1. The molecule has 2 aliphatic heterocycles. The van der Waals surface area contributed by atoms with Gasteiger partial charge in [0.15, 0.2) is 0 Å². The molecule has 2 aromatic carbocycles. The van der Waals surface area contributed by atoms with Crippen LogP contribution in [0.4, 0.5) is 0 Å². The van der Waals surface area contributed by atoms with Crippen molar-refractivity contribution in [1.29, 1.82) is 0 Å². The van der Waals surface area contributed by atoms with Gasteiger partial charge >= 0.3 is 0 Å². The number of oxime groups is 1. The Balaban J connectivity index is 1.17. The minimum absolute atomic E-state index is 0.0597. The largest absolute Gasteiger partial charge is 0.379 e. The summed E-state index contributed by atoms with van der Waals surface area (Å²) in [6.07, 6.45) is 5.89. The molecule has 1 unspecified atom stereocenters. The first-order valence-corrected chi connectivity index (χ1v) is 12.5. The third kappa shape index (κ3) is 5.16. The van der Waals surface area contributed by atoms with Gasteiger partial charge in [-0.25, -0.2) is 0 Å². The second-order valence-electron chi connectivity index (χ2n) is 10.2. The predicted octanol–water partition coefficient (Wildman–Crippen LogP) is 4.19. The lowest BCUT2D eigenvalue weighted by Gasteiger charge is -2.32. The van der Waals surface area contributed by atoms with Crippen molar-refractivity contribution in [1.82, 2.24) is 10.2 Å². The number of nitrogens with one attached hydrogen (secondary N) is 1. The van der Waals surface area contributed by atoms with E-state index in [1.54, 1.807) is 6.92 Å². The highest BCUT2D eigenvalue weighted by Gasteiger charge is 2.42. The molecule has 0 bridgehead atoms. The Labute approximate surface area is 201 Å². The monoisotopic (exact) mass is 459 g/mol. The van der Waals surface area contributed by atoms with Gasteiger partial charge in [-0.1, -0.05) is 47.6 Å². The number of carbonyl (C=O) groups excluding carboxylic acids is 2. The van der Waals surface area contributed by atoms with Gasteiger partial charge in [-0.2, -0.15) is 0 Å². The highest BCUT2D eigenvalue weighted by atomic mass is 16.7. The standard InChI is InChI=1S/C28H33N3O3/c1-28(27(33)29-19-22-10-11-22)18-25(30-34-28)23-8-5-9-24(17-23)26(32)31-14-12-21(13-15-31)16-20-6-3-2-4-7-20/h2-9,17,21-22H,10-16,18-19H2,1H3,(H,29,33). The van der Waals surface area contributed by atoms with Crippen molar-refractivity contribution in [3.63, 3.8) is 0 Å². The van der Waals surface area contributed by atoms with Crippen LogP contribution in [0.2, 0.25) is 0 Å². The smallest absolute Gasteiger partial charge is 0.267 e. The Hall–Kier alpha value is -3.15. The second kappa shape index (κ2) is 9.61. The van der Waals surface area contributed by atoms with E-state index in [4.69, 9.17) is 4.84 Å². The number of piperidine rings is 1. The molecule has 34 heavy (non-hydrogen) atoms. The summed E-state index contributed by atoms with van der Waals surface area (Å²) in [5, 5.41) is 7.21. The van der Waals surface area contributed by atoms with Crippen LogP contribution in [0, 0.1) is 11.8 Å². The molecule has 0 radical (unpaired) electrons. The lowest BCUT2D eigenvalue weighted by Crippen LogP contribution is -2.45. The van der Waals surface area contributed by atoms with E-state index in [-0.39, 0.29) is 11.8 Å². The SMILES string of the molecule is CC1(C(=O)NCC2CC2)CC(c2cccc(C(=O)N3CCC(Cc4ccccc4)CC3)c2)=NO1. The molecule has 2 heterocycles. The van der Waals surface area contributed by atoms with Gasteiger partial charge in [0.05, 0.1) is 5.71 Å². The molecule has 1 saturated carbocycles. The first kappa shape index (κ1) is 22.6. The number of amides is 2. The van der Waals surface area contributed by atoms with Crippen LogP contribution >= 0.6 is 0 Å². The first-order chi connectivity index (χ1) is 16.5. The summed E-state index contributed by atoms with van der Waals surface area (Å²) >= 11 is 0. The van der Waals surface area contributed by atoms with Crippen LogP contribution in [0.5, 0.6) is 0 Å². The van der Waals surface area contributed by atoms with Crippen LogP contribution in [0.25, 0.3) is 0 Å². The van der Waals surface area contributed by atoms with Gasteiger partial charge in [-0.3, -0.25) is 9.59 Å². The zero-order chi connectivity index (χ0) is 23.5. The Morgan fingerprint density at radius 2 is 1.79 bits per heavy atom. The zero-order valence-electron chi connectivity index (χ0n) is 19.8. The molecule has 2 amide bonds. The molecular weight excluding hydrogens is 426 g/mol. The van der Waals surface area contributed by atoms with Crippen molar-refractivity contribution < 1.29 is 14.4 Å². The van der Waals surface area contributed by atoms with Gasteiger partial charge < -0.3 is 15.1 Å². The number of benzene rings is 2. The molecule has 2 fully saturated rings. The van der Waals surface area contributed by atoms with Crippen molar-refractivity contribution in [3.05, 3.63) is 71.3 Å². The third-order valence-electron chi connectivity index (χ3n) is 7.30. The van der Waals surface area contributed by atoms with Crippen LogP contribution in [0.15, 0.2) is 59.8 Å². The molecule has 1 aliphatic carbocycles. The molecule has 2 aromatic rings. The molecule has 6 nitrogen and oxygen atoms in total. The normalized spacial score (nSPS) is 22.7. The number of nitrogens with zero attached hydrogens (tertiary/aromatic N) is 2. The highest BCUT2D eigenvalue weighted by molar-refractivity contribution is 6.07. The summed E-state index contributed by atoms with van der Waals surface area (Å²) < 4.78 is 0. The fraction of sp³-hybridized carbons (Fsp3) is 0.464. The van der Waals surface area contributed by atoms with Crippen molar-refractivity contribution in [2.45, 2.75) is 51.0 Å². The maximum atomic E-state index is 13.2. The average molecular weight is 460 g/mol. The number of hydrogen-bond acceptors (Lipinski definition) is 4. The van der Waals surface area contributed by atoms with Crippen LogP contribution < -0.4 is 5.32 Å². The van der Waals surface area contributed by atoms with Crippen molar-refractivity contribution in [3.8, 4) is 0 Å². The van der Waals surface area contributed by atoms with Crippen LogP contribution in [-0.2, 0) is 16.1 Å². The first-order valence-electron chi connectivity index (χ1n) is 12.5. The van der Waals surface area contributed by atoms with E-state index >= 15 is 0 Å². The predicted molar refractivity (Wildman–Crippen MR) is 132 cm³/mol. The molecule has 1 saturated heterocycles. The van der Waals surface area contributed by atoms with Gasteiger partial charge in [-0.15, -0.1) is 0 Å². The molecule has 5 rings (SSSR count). The summed E-state index contributed by atoms with van der Waals surface area (Å²) in [5.74, 6) is 1.17. The highest BCUT2D eigenvalue weighted by Crippen LogP contribution is 2.30. The molecule has 1 atom stereocenters. The van der Waals surface area contributed by atoms with Gasteiger partial charge in [0.25, 0.3) is 11.8 Å². The Bertz CT molecular complexity index is 1070. The number of carbonyl (C=O) groups is 2. The van der Waals surface area contributed by atoms with Crippen LogP contribution in [0.1, 0.15) is 60.5 Å². The number of rotatable bonds is 7. The number of hydrogen-bond donors (Lipinski definition) is 1. The van der Waals surface area contributed by atoms with Gasteiger partial charge in [-0.05, 0) is 68.6 Å². The van der Waals surface area contributed by atoms with Gasteiger partial charge in [0.2, 0.25) is 5.60 Å². The minimum Gasteiger partial charge on any atom is -0.379 e. The maximum Gasteiger partial charge on any atom is 0.267 e. The van der Waals surface area contributed by atoms with E-state index < -0.39 is 5.60 Å². The molecule has 3 aliphatic rings. The van der Waals surface area contributed by atoms with Gasteiger partial charge in [0.1, 0.15) is 0 Å². The van der Waals surface area contributed by atoms with E-state index in [0.717, 1.165) is 37.9 Å². The molecule has 0 aromatic heterocycles. The van der Waals surface area contributed by atoms with E-state index in [9.17, 15) is 9.59 Å².